The van der Waals surface area contributed by atoms with Crippen molar-refractivity contribution < 1.29 is 269 Å². The van der Waals surface area contributed by atoms with Crippen LogP contribution in [0.5, 0.6) is 40.2 Å². The van der Waals surface area contributed by atoms with Crippen molar-refractivity contribution in [1.82, 2.24) is 0 Å². The zero-order valence-electron chi connectivity index (χ0n) is 69.6. The number of para-hydroxylation sites is 7. The fourth-order valence-electron chi connectivity index (χ4n) is 10.3. The third kappa shape index (κ3) is 54.7. The molecule has 0 amide bonds. The quantitative estimate of drug-likeness (QED) is 0.00920. The first-order valence-corrected chi connectivity index (χ1v) is 40.0. The molecule has 0 saturated carbocycles. The summed E-state index contributed by atoms with van der Waals surface area (Å²) in [6.07, 6.45) is 3.69. The molecule has 0 spiro atoms. The van der Waals surface area contributed by atoms with Crippen LogP contribution in [0, 0.1) is 0 Å². The van der Waals surface area contributed by atoms with Crippen LogP contribution in [0.3, 0.4) is 0 Å². The van der Waals surface area contributed by atoms with Gasteiger partial charge in [0.2, 0.25) is 0 Å². The number of methoxy groups -OCH3 is 2. The number of carboxylic acid groups (broad SMARTS) is 1. The summed E-state index contributed by atoms with van der Waals surface area (Å²) >= 11 is 13.2. The van der Waals surface area contributed by atoms with E-state index in [1.54, 1.807) is 44.6 Å². The van der Waals surface area contributed by atoms with Gasteiger partial charge in [-0.05, 0) is 116 Å². The predicted octanol–water partition coefficient (Wildman–Crippen LogP) is 5.71. The van der Waals surface area contributed by atoms with Crippen LogP contribution in [0.15, 0.2) is 235 Å². The number of carbonyl (C=O) groups is 4. The van der Waals surface area contributed by atoms with Gasteiger partial charge in [-0.1, -0.05) is 237 Å². The maximum atomic E-state index is 10.8. The molecule has 4 aliphatic heterocycles. The normalized spacial score (nSPS) is 14.3. The van der Waals surface area contributed by atoms with E-state index in [-0.39, 0.29) is 230 Å². The third-order valence-electron chi connectivity index (χ3n) is 15.5. The largest absolute Gasteiger partial charge is 1.00 e. The second kappa shape index (κ2) is 74.5. The van der Waals surface area contributed by atoms with Gasteiger partial charge >= 0.3 is 166 Å². The molecule has 22 nitrogen and oxygen atoms in total. The van der Waals surface area contributed by atoms with Crippen LogP contribution in [0.4, 0.5) is 4.39 Å². The Morgan fingerprint density at radius 2 is 0.941 bits per heavy atom. The number of aromatic hydroxyl groups is 2. The van der Waals surface area contributed by atoms with Crippen LogP contribution in [-0.4, -0.2) is 163 Å². The summed E-state index contributed by atoms with van der Waals surface area (Å²) in [5, 5.41) is 66.3. The molecule has 1 fully saturated rings. The van der Waals surface area contributed by atoms with Crippen LogP contribution < -0.4 is 188 Å². The summed E-state index contributed by atoms with van der Waals surface area (Å²) in [5.41, 5.74) is 8.60. The summed E-state index contributed by atoms with van der Waals surface area (Å²) in [5.74, 6) is 3.38. The molecule has 5 N–H and O–H groups in total. The minimum absolute atomic E-state index is 0. The van der Waals surface area contributed by atoms with Crippen molar-refractivity contribution in [2.24, 2.45) is 0 Å². The van der Waals surface area contributed by atoms with Crippen LogP contribution >= 0.6 is 76.1 Å². The number of carboxylic acids is 1. The van der Waals surface area contributed by atoms with Crippen molar-refractivity contribution in [1.29, 1.82) is 0 Å². The molecular formula is C88H107Br4ClFK3O22. The zero-order chi connectivity index (χ0) is 84.4. The number of aliphatic carboxylic acids is 1. The van der Waals surface area contributed by atoms with Crippen molar-refractivity contribution in [3.63, 3.8) is 0 Å². The molecule has 4 aliphatic rings. The average Bonchev–Trinajstić information content (AvgIpc) is 1.72. The second-order valence-electron chi connectivity index (χ2n) is 24.6. The number of epoxide rings is 1. The summed E-state index contributed by atoms with van der Waals surface area (Å²) in [7, 11) is 2.29. The van der Waals surface area contributed by atoms with E-state index in [1.165, 1.54) is 36.1 Å². The first-order valence-electron chi connectivity index (χ1n) is 36.5. The van der Waals surface area contributed by atoms with E-state index in [4.69, 9.17) is 73.8 Å². The monoisotopic (exact) mass is 2000 g/mol. The molecular weight excluding hydrogens is 1900 g/mol. The number of rotatable bonds is 24. The fourth-order valence-corrected chi connectivity index (χ4v) is 11.7. The van der Waals surface area contributed by atoms with E-state index in [0.717, 1.165) is 100 Å². The van der Waals surface area contributed by atoms with Gasteiger partial charge in [0, 0.05) is 74.3 Å². The van der Waals surface area contributed by atoms with Gasteiger partial charge in [-0.25, -0.2) is 0 Å². The SMILES string of the molecule is BrC[C@@H]1Cc2ccccc2O1.C.CC(=O)OC[C@@H]1Cc2ccccc2O1.CC(=O)O[C@@H](CBr)Cc1ccccc1O.CC(=O)[O-].COc1ccccc1Br.COc1ccccc1C[C@@H](O)COCc1ccccc1.Cl.O=CO[O-].OC[C@@H]1Cc2ccccc2O1.Oc1ccccc1C[C@@H](O)CBr.[2H]CF.[H-].[K+].[K+].[K+].c1ccc(COC[C@H]2CO2)cc1. The molecule has 0 radical (unpaired) electrons. The molecule has 119 heavy (non-hydrogen) atoms. The van der Waals surface area contributed by atoms with E-state index >= 15 is 0 Å². The minimum atomic E-state index is -1.08. The van der Waals surface area contributed by atoms with Gasteiger partial charge in [-0.2, -0.15) is 0 Å². The van der Waals surface area contributed by atoms with Gasteiger partial charge in [0.1, 0.15) is 77.4 Å². The minimum Gasteiger partial charge on any atom is -1.00 e. The summed E-state index contributed by atoms with van der Waals surface area (Å²) in [4.78, 5) is 41.5. The third-order valence-corrected chi connectivity index (χ3v) is 18.4. The number of phenols is 2. The smallest absolute Gasteiger partial charge is 1.00 e. The second-order valence-corrected chi connectivity index (χ2v) is 27.4. The molecule has 1 saturated heterocycles. The van der Waals surface area contributed by atoms with Gasteiger partial charge < -0.3 is 94.4 Å². The number of hydrogen-bond donors (Lipinski definition) is 5. The Kier molecular flexibility index (Phi) is 73.4. The number of alkyl halides is 4. The molecule has 0 aliphatic carbocycles. The number of phenolic OH excluding ortho intramolecular Hbond substituents is 2. The topological polar surface area (TPSA) is 320 Å². The number of esters is 2. The Morgan fingerprint density at radius 1 is 0.555 bits per heavy atom. The van der Waals surface area contributed by atoms with Gasteiger partial charge in [-0.3, -0.25) is 18.8 Å². The van der Waals surface area contributed by atoms with Crippen molar-refractivity contribution in [3.05, 3.63) is 280 Å². The Bertz CT molecular complexity index is 4000. The maximum absolute atomic E-state index is 10.8. The average molecular weight is 2010 g/mol. The number of hydrogen-bond acceptors (Lipinski definition) is 22. The van der Waals surface area contributed by atoms with Crippen molar-refractivity contribution >= 4 is 101 Å². The molecule has 9 aromatic rings. The van der Waals surface area contributed by atoms with E-state index in [0.29, 0.717) is 68.6 Å². The Labute approximate surface area is 869 Å². The molecule has 636 valence electrons. The fraction of sp³-hybridized carbons (Fsp3) is 0.341. The molecule has 0 unspecified atom stereocenters. The predicted molar refractivity (Wildman–Crippen MR) is 459 cm³/mol. The number of halogens is 6. The van der Waals surface area contributed by atoms with Crippen LogP contribution in [0.1, 0.15) is 75.5 Å². The molecule has 13 rings (SSSR count). The Morgan fingerprint density at radius 3 is 1.34 bits per heavy atom. The van der Waals surface area contributed by atoms with E-state index in [1.807, 2.05) is 176 Å². The zero-order valence-corrected chi connectivity index (χ0v) is 84.1. The number of ether oxygens (including phenoxy) is 10. The number of aliphatic hydroxyl groups is 3. The number of aliphatic hydroxyl groups excluding tert-OH is 3. The van der Waals surface area contributed by atoms with Crippen molar-refractivity contribution in [2.45, 2.75) is 123 Å². The van der Waals surface area contributed by atoms with Crippen molar-refractivity contribution in [2.75, 3.05) is 70.4 Å². The van der Waals surface area contributed by atoms with Crippen LogP contribution in [0.2, 0.25) is 0 Å². The summed E-state index contributed by atoms with van der Waals surface area (Å²) in [6, 6.07) is 73.6. The van der Waals surface area contributed by atoms with Crippen molar-refractivity contribution in [3.8, 4) is 40.2 Å². The first kappa shape index (κ1) is 117. The maximum Gasteiger partial charge on any atom is 1.00 e. The number of carbonyl (C=O) groups excluding carboxylic acids is 4. The summed E-state index contributed by atoms with van der Waals surface area (Å²) < 4.78 is 69.3. The Balaban J connectivity index is -0.000000635. The molecule has 4 heterocycles. The molecule has 0 bridgehead atoms. The van der Waals surface area contributed by atoms with Gasteiger partial charge in [0.25, 0.3) is 6.47 Å². The van der Waals surface area contributed by atoms with Crippen LogP contribution in [-0.2, 0) is 99.5 Å². The first-order chi connectivity index (χ1) is 55.6. The van der Waals surface area contributed by atoms with Gasteiger partial charge in [0.05, 0.1) is 79.1 Å². The van der Waals surface area contributed by atoms with Gasteiger partial charge in [-0.15, -0.1) is 12.4 Å². The van der Waals surface area contributed by atoms with Crippen LogP contribution in [0.25, 0.3) is 0 Å². The molecule has 31 heteroatoms. The molecule has 7 atom stereocenters. The molecule has 0 aromatic heterocycles. The molecule has 9 aromatic carbocycles. The van der Waals surface area contributed by atoms with E-state index in [2.05, 4.69) is 92.9 Å². The van der Waals surface area contributed by atoms with Gasteiger partial charge in [0.15, 0.2) is 0 Å². The number of fused-ring (bicyclic) bond motifs is 3. The number of benzene rings is 9. The van der Waals surface area contributed by atoms with E-state index in [9.17, 15) is 34.4 Å². The Hall–Kier alpha value is -3.77. The van der Waals surface area contributed by atoms with E-state index < -0.39 is 25.3 Å². The summed E-state index contributed by atoms with van der Waals surface area (Å²) in [6.45, 7) is 7.14. The standard InChI is InChI=1S/C17H20O3.C11H13BrO3.C11H12O3.C10H12O2.C9H11BrO2.C9H9BrO.C9H10O2.C7H7BrO.C2H4O2.CH3F.CH2O3.CH4.ClH.3K.H/c1-19-17-10-6-5-9-15(17)11-16(18)13-20-12-14-7-3-2-4-8-14;1-8(13)15-10(7-12)6-9-4-2-3-5-11(9)14;1-8(12)13-7-10-6-9-4-2-3-5-11(9)14-10;1-2-4-9(5-3-1)6-11-7-10-8-12-10;10-6-8(11)5-7-3-1-2-4-9(7)12;2*10-6-8-5-7-3-1-2-4-9(7)11-8;1-9-7-5-3-2-4-6(7)8;1-2(3)4;1-2;2-1-4-3;;;;;;/h2-10,16,18H,11-13H2,1H3;2-5,10,14H,6-7H2,1H3;2-5,10H,6-7H2,1H3;1-5,10H,6-8H2;1-4,8,11-12H,5-6H2;1-4,8H,5-6H2;1-4,8,10H,5-6H2;2-5H,1H3;1H3,(H,3,4);1H3;1,3H;1H4;1H;;;;/q;;;;;;;;;;;;;3*+1;-1/p-2/t16-;3*10-;3*8-;;;;;;;;;;/m1100100........../s1/i;;;;;;;;;1D;;;;;;;.